The maximum Gasteiger partial charge on any atom is 0.408 e. The van der Waals surface area contributed by atoms with Crippen LogP contribution < -0.4 is 10.1 Å². The number of hydrogen-bond donors (Lipinski definition) is 2. The minimum atomic E-state index is -3.36. The average molecular weight is 664 g/mol. The highest BCUT2D eigenvalue weighted by Crippen LogP contribution is 2.48. The maximum absolute atomic E-state index is 12.7. The zero-order valence-corrected chi connectivity index (χ0v) is 28.5. The molecule has 1 unspecified atom stereocenters. The summed E-state index contributed by atoms with van der Waals surface area (Å²) in [5.41, 5.74) is 0.239. The second kappa shape index (κ2) is 16.7. The van der Waals surface area contributed by atoms with Crippen LogP contribution in [0.1, 0.15) is 51.2 Å². The summed E-state index contributed by atoms with van der Waals surface area (Å²) in [7, 11) is -0.740. The van der Waals surface area contributed by atoms with Gasteiger partial charge in [0.1, 0.15) is 18.0 Å². The molecule has 0 aromatic heterocycles. The van der Waals surface area contributed by atoms with Gasteiger partial charge in [-0.1, -0.05) is 65.8 Å². The predicted octanol–water partition coefficient (Wildman–Crippen LogP) is 8.52. The van der Waals surface area contributed by atoms with Crippen molar-refractivity contribution in [2.45, 2.75) is 74.0 Å². The van der Waals surface area contributed by atoms with E-state index in [-0.39, 0.29) is 19.2 Å². The normalized spacial score (nSPS) is 13.2. The van der Waals surface area contributed by atoms with Crippen LogP contribution >= 0.6 is 31.0 Å². The summed E-state index contributed by atoms with van der Waals surface area (Å²) in [4.78, 5) is 14.7. The number of benzene rings is 3. The van der Waals surface area contributed by atoms with Crippen molar-refractivity contribution in [2.24, 2.45) is 0 Å². The van der Waals surface area contributed by atoms with E-state index in [4.69, 9.17) is 30.1 Å². The van der Waals surface area contributed by atoms with Crippen molar-refractivity contribution in [3.63, 3.8) is 0 Å². The van der Waals surface area contributed by atoms with Crippen LogP contribution in [0.25, 0.3) is 0 Å². The van der Waals surface area contributed by atoms with Gasteiger partial charge in [-0.15, -0.1) is 0 Å². The van der Waals surface area contributed by atoms with Crippen molar-refractivity contribution in [2.75, 3.05) is 27.0 Å². The van der Waals surface area contributed by atoms with Gasteiger partial charge >= 0.3 is 13.7 Å². The van der Waals surface area contributed by atoms with Crippen LogP contribution in [0.3, 0.4) is 0 Å². The van der Waals surface area contributed by atoms with Gasteiger partial charge in [0, 0.05) is 29.0 Å². The van der Waals surface area contributed by atoms with E-state index in [9.17, 15) is 14.5 Å². The molecule has 3 aromatic carbocycles. The lowest BCUT2D eigenvalue weighted by atomic mass is 9.89. The third-order valence-electron chi connectivity index (χ3n) is 6.90. The fourth-order valence-electron chi connectivity index (χ4n) is 4.49. The molecule has 3 aromatic rings. The number of ether oxygens (including phenoxy) is 2. The lowest BCUT2D eigenvalue weighted by Gasteiger charge is -2.35. The van der Waals surface area contributed by atoms with Crippen molar-refractivity contribution in [3.05, 3.63) is 88.9 Å². The molecule has 11 heteroatoms. The molecule has 1 amide bonds. The van der Waals surface area contributed by atoms with Crippen molar-refractivity contribution < 1.29 is 33.0 Å². The molecule has 0 saturated carbocycles. The summed E-state index contributed by atoms with van der Waals surface area (Å²) in [6, 6.07) is 23.9. The highest BCUT2D eigenvalue weighted by molar-refractivity contribution is 7.99. The Morgan fingerprint density at radius 2 is 1.66 bits per heavy atom. The number of aryl methyl sites for hydroxylation is 1. The quantitative estimate of drug-likeness (QED) is 0.147. The Hall–Kier alpha value is -2.52. The zero-order valence-electron chi connectivity index (χ0n) is 26.0. The van der Waals surface area contributed by atoms with Gasteiger partial charge in [-0.25, -0.2) is 4.79 Å². The first-order chi connectivity index (χ1) is 20.9. The SMILES string of the molecule is COP(=O)(CCC(CO)(CCCc1ccc(Sc2cccc(OCc3ccccc3)c2)cc1Cl)NC(=O)OC(C)(C)C)OC. The van der Waals surface area contributed by atoms with Gasteiger partial charge in [0.25, 0.3) is 0 Å². The second-order valence-corrected chi connectivity index (χ2v) is 15.4. The third kappa shape index (κ3) is 11.8. The van der Waals surface area contributed by atoms with Gasteiger partial charge < -0.3 is 28.9 Å². The highest BCUT2D eigenvalue weighted by Gasteiger charge is 2.36. The molecule has 0 aliphatic carbocycles. The summed E-state index contributed by atoms with van der Waals surface area (Å²) in [5.74, 6) is 0.793. The molecule has 0 spiro atoms. The van der Waals surface area contributed by atoms with Gasteiger partial charge in [-0.2, -0.15) is 0 Å². The Bertz CT molecular complexity index is 1390. The van der Waals surface area contributed by atoms with Crippen LogP contribution in [0.5, 0.6) is 5.75 Å². The number of aliphatic hydroxyl groups is 1. The number of alkyl carbamates (subject to hydrolysis) is 1. The number of halogens is 1. The fraction of sp³-hybridized carbons (Fsp3) is 0.424. The third-order valence-corrected chi connectivity index (χ3v) is 10.1. The van der Waals surface area contributed by atoms with E-state index in [2.05, 4.69) is 5.32 Å². The number of aliphatic hydroxyl groups excluding tert-OH is 1. The van der Waals surface area contributed by atoms with Crippen LogP contribution in [0.15, 0.2) is 82.6 Å². The molecule has 44 heavy (non-hydrogen) atoms. The number of rotatable bonds is 16. The Morgan fingerprint density at radius 3 is 2.30 bits per heavy atom. The van der Waals surface area contributed by atoms with Gasteiger partial charge in [-0.3, -0.25) is 4.57 Å². The van der Waals surface area contributed by atoms with E-state index in [0.29, 0.717) is 30.9 Å². The van der Waals surface area contributed by atoms with Gasteiger partial charge in [0.15, 0.2) is 0 Å². The van der Waals surface area contributed by atoms with E-state index >= 15 is 0 Å². The molecule has 0 heterocycles. The average Bonchev–Trinajstić information content (AvgIpc) is 2.99. The van der Waals surface area contributed by atoms with Crippen LogP contribution in [0, 0.1) is 0 Å². The summed E-state index contributed by atoms with van der Waals surface area (Å²) >= 11 is 8.29. The number of hydrogen-bond acceptors (Lipinski definition) is 8. The first kappa shape index (κ1) is 36.0. The van der Waals surface area contributed by atoms with E-state index < -0.39 is 24.8 Å². The summed E-state index contributed by atoms with van der Waals surface area (Å²) in [6.07, 6.45) is 1.11. The molecular weight excluding hydrogens is 621 g/mol. The first-order valence-electron chi connectivity index (χ1n) is 14.4. The summed E-state index contributed by atoms with van der Waals surface area (Å²) in [5, 5.41) is 13.9. The summed E-state index contributed by atoms with van der Waals surface area (Å²) < 4.78 is 34.3. The standard InChI is InChI=1S/C33H43ClNO7PS/c1-32(2,3)42-31(37)35-33(24-36,19-20-43(38,39-4)40-5)18-10-13-26-16-17-29(22-30(26)34)44-28-15-9-14-27(21-28)41-23-25-11-7-6-8-12-25/h6-9,11-12,14-17,21-22,36H,10,13,18-20,23-24H2,1-5H3,(H,35,37). The molecule has 0 aliphatic heterocycles. The first-order valence-corrected chi connectivity index (χ1v) is 17.4. The number of nitrogens with one attached hydrogen (secondary N) is 1. The minimum absolute atomic E-state index is 0.0154. The van der Waals surface area contributed by atoms with E-state index in [1.165, 1.54) is 14.2 Å². The van der Waals surface area contributed by atoms with E-state index in [1.807, 2.05) is 72.8 Å². The molecule has 8 nitrogen and oxygen atoms in total. The monoisotopic (exact) mass is 663 g/mol. The van der Waals surface area contributed by atoms with Crippen LogP contribution in [0.4, 0.5) is 4.79 Å². The fourth-order valence-corrected chi connectivity index (χ4v) is 6.95. The molecule has 0 saturated heterocycles. The molecule has 0 radical (unpaired) electrons. The highest BCUT2D eigenvalue weighted by atomic mass is 35.5. The topological polar surface area (TPSA) is 103 Å². The van der Waals surface area contributed by atoms with Crippen LogP contribution in [0.2, 0.25) is 5.02 Å². The van der Waals surface area contributed by atoms with E-state index in [0.717, 1.165) is 26.7 Å². The molecule has 0 aliphatic rings. The predicted molar refractivity (Wildman–Crippen MR) is 176 cm³/mol. The lowest BCUT2D eigenvalue weighted by molar-refractivity contribution is 0.0376. The lowest BCUT2D eigenvalue weighted by Crippen LogP contribution is -2.53. The molecule has 0 fully saturated rings. The zero-order chi connectivity index (χ0) is 32.2. The van der Waals surface area contributed by atoms with E-state index in [1.54, 1.807) is 32.5 Å². The van der Waals surface area contributed by atoms with Crippen LogP contribution in [-0.4, -0.2) is 49.3 Å². The molecule has 240 valence electrons. The van der Waals surface area contributed by atoms with Crippen LogP contribution in [-0.2, 0) is 31.4 Å². The smallest absolute Gasteiger partial charge is 0.408 e. The van der Waals surface area contributed by atoms with Gasteiger partial charge in [0.05, 0.1) is 18.3 Å². The van der Waals surface area contributed by atoms with Crippen molar-refractivity contribution in [1.29, 1.82) is 0 Å². The molecule has 0 bridgehead atoms. The molecule has 2 N–H and O–H groups in total. The molecule has 1 atom stereocenters. The van der Waals surface area contributed by atoms with Gasteiger partial charge in [0.2, 0.25) is 0 Å². The minimum Gasteiger partial charge on any atom is -0.489 e. The Morgan fingerprint density at radius 1 is 0.955 bits per heavy atom. The van der Waals surface area contributed by atoms with Gasteiger partial charge in [-0.05, 0) is 87.9 Å². The Kier molecular flexibility index (Phi) is 13.6. The Balaban J connectivity index is 1.64. The second-order valence-electron chi connectivity index (χ2n) is 11.5. The maximum atomic E-state index is 12.7. The van der Waals surface area contributed by atoms with Crippen molar-refractivity contribution in [3.8, 4) is 5.75 Å². The summed E-state index contributed by atoms with van der Waals surface area (Å²) in [6.45, 7) is 5.41. The van der Waals surface area contributed by atoms with Crippen molar-refractivity contribution in [1.82, 2.24) is 5.32 Å². The number of amides is 1. The van der Waals surface area contributed by atoms with Crippen molar-refractivity contribution >= 4 is 37.1 Å². The Labute approximate surface area is 270 Å². The number of carbonyl (C=O) groups excluding carboxylic acids is 1. The largest absolute Gasteiger partial charge is 0.489 e. The number of carbonyl (C=O) groups is 1. The molecular formula is C33H43ClNO7PS. The molecule has 3 rings (SSSR count).